The van der Waals surface area contributed by atoms with Gasteiger partial charge < -0.3 is 10.0 Å². The van der Waals surface area contributed by atoms with Crippen molar-refractivity contribution in [3.8, 4) is 5.69 Å². The van der Waals surface area contributed by atoms with Crippen LogP contribution in [-0.2, 0) is 4.79 Å². The van der Waals surface area contributed by atoms with Crippen LogP contribution in [0.3, 0.4) is 0 Å². The van der Waals surface area contributed by atoms with E-state index >= 15 is 0 Å². The molecule has 22 heavy (non-hydrogen) atoms. The maximum Gasteiger partial charge on any atom is 0.326 e. The van der Waals surface area contributed by atoms with Crippen molar-refractivity contribution in [3.05, 3.63) is 48.3 Å². The first kappa shape index (κ1) is 14.3. The van der Waals surface area contributed by atoms with Gasteiger partial charge in [0.05, 0.1) is 5.69 Å². The van der Waals surface area contributed by atoms with E-state index < -0.39 is 12.0 Å². The maximum atomic E-state index is 12.7. The molecule has 1 aromatic heterocycles. The minimum absolute atomic E-state index is 0.235. The standard InChI is InChI=1S/C16H17N3O3/c20-15(18-9-2-1-7-14(18)16(21)22)12-5-3-6-13(11-12)19-10-4-8-17-19/h3-6,8,10-11,14H,1-2,7,9H2,(H,21,22). The molecule has 1 atom stereocenters. The average Bonchev–Trinajstić information content (AvgIpc) is 3.09. The Morgan fingerprint density at radius 1 is 1.23 bits per heavy atom. The Kier molecular flexibility index (Phi) is 3.91. The van der Waals surface area contributed by atoms with Crippen LogP contribution in [-0.4, -0.2) is 44.3 Å². The van der Waals surface area contributed by atoms with Crippen molar-refractivity contribution in [3.63, 3.8) is 0 Å². The molecule has 1 fully saturated rings. The third kappa shape index (κ3) is 2.72. The monoisotopic (exact) mass is 299 g/mol. The van der Waals surface area contributed by atoms with E-state index in [4.69, 9.17) is 0 Å². The van der Waals surface area contributed by atoms with Crippen molar-refractivity contribution >= 4 is 11.9 Å². The summed E-state index contributed by atoms with van der Waals surface area (Å²) in [5.41, 5.74) is 1.26. The number of carboxylic acids is 1. The summed E-state index contributed by atoms with van der Waals surface area (Å²) < 4.78 is 1.67. The van der Waals surface area contributed by atoms with Gasteiger partial charge in [-0.25, -0.2) is 9.48 Å². The van der Waals surface area contributed by atoms with E-state index in [0.29, 0.717) is 18.5 Å². The molecule has 1 saturated heterocycles. The van der Waals surface area contributed by atoms with Gasteiger partial charge >= 0.3 is 5.97 Å². The fourth-order valence-electron chi connectivity index (χ4n) is 2.80. The summed E-state index contributed by atoms with van der Waals surface area (Å²) in [5, 5.41) is 13.4. The van der Waals surface area contributed by atoms with Crippen LogP contribution >= 0.6 is 0 Å². The Balaban J connectivity index is 1.88. The van der Waals surface area contributed by atoms with Crippen molar-refractivity contribution in [2.45, 2.75) is 25.3 Å². The van der Waals surface area contributed by atoms with Crippen molar-refractivity contribution in [1.82, 2.24) is 14.7 Å². The summed E-state index contributed by atoms with van der Waals surface area (Å²) in [6, 6.07) is 8.17. The van der Waals surface area contributed by atoms with Crippen LogP contribution in [0.15, 0.2) is 42.7 Å². The number of piperidine rings is 1. The number of carboxylic acid groups (broad SMARTS) is 1. The van der Waals surface area contributed by atoms with Gasteiger partial charge in [-0.2, -0.15) is 5.10 Å². The number of benzene rings is 1. The minimum atomic E-state index is -0.934. The predicted molar refractivity (Wildman–Crippen MR) is 79.9 cm³/mol. The van der Waals surface area contributed by atoms with E-state index in [2.05, 4.69) is 5.10 Å². The van der Waals surface area contributed by atoms with Crippen LogP contribution in [0.4, 0.5) is 0 Å². The lowest BCUT2D eigenvalue weighted by atomic mass is 10.0. The number of hydrogen-bond acceptors (Lipinski definition) is 3. The Bertz CT molecular complexity index is 682. The van der Waals surface area contributed by atoms with E-state index in [1.54, 1.807) is 41.3 Å². The summed E-state index contributed by atoms with van der Waals surface area (Å²) in [6.07, 6.45) is 5.66. The summed E-state index contributed by atoms with van der Waals surface area (Å²) in [5.74, 6) is -1.17. The van der Waals surface area contributed by atoms with Crippen molar-refractivity contribution < 1.29 is 14.7 Å². The van der Waals surface area contributed by atoms with Crippen molar-refractivity contribution in [1.29, 1.82) is 0 Å². The summed E-state index contributed by atoms with van der Waals surface area (Å²) >= 11 is 0. The minimum Gasteiger partial charge on any atom is -0.480 e. The third-order valence-corrected chi connectivity index (χ3v) is 3.91. The number of carbonyl (C=O) groups excluding carboxylic acids is 1. The van der Waals surface area contributed by atoms with Gasteiger partial charge in [-0.3, -0.25) is 4.79 Å². The molecular weight excluding hydrogens is 282 g/mol. The first-order chi connectivity index (χ1) is 10.7. The molecule has 0 bridgehead atoms. The molecule has 2 aromatic rings. The van der Waals surface area contributed by atoms with Crippen molar-refractivity contribution in [2.75, 3.05) is 6.54 Å². The first-order valence-electron chi connectivity index (χ1n) is 7.30. The SMILES string of the molecule is O=C(O)C1CCCCN1C(=O)c1cccc(-n2cccn2)c1. The van der Waals surface area contributed by atoms with Crippen LogP contribution < -0.4 is 0 Å². The Labute approximate surface area is 128 Å². The number of rotatable bonds is 3. The third-order valence-electron chi connectivity index (χ3n) is 3.91. The molecule has 114 valence electrons. The lowest BCUT2D eigenvalue weighted by molar-refractivity contribution is -0.143. The number of aliphatic carboxylic acids is 1. The van der Waals surface area contributed by atoms with Gasteiger partial charge in [-0.05, 0) is 43.5 Å². The molecule has 6 heteroatoms. The summed E-state index contributed by atoms with van der Waals surface area (Å²) in [4.78, 5) is 25.5. The lowest BCUT2D eigenvalue weighted by Gasteiger charge is -2.33. The molecule has 1 aliphatic rings. The highest BCUT2D eigenvalue weighted by Crippen LogP contribution is 2.21. The molecule has 0 saturated carbocycles. The predicted octanol–water partition coefficient (Wildman–Crippen LogP) is 1.95. The Hall–Kier alpha value is -2.63. The molecular formula is C16H17N3O3. The largest absolute Gasteiger partial charge is 0.480 e. The maximum absolute atomic E-state index is 12.7. The molecule has 0 spiro atoms. The van der Waals surface area contributed by atoms with Gasteiger partial charge in [0.25, 0.3) is 5.91 Å². The second-order valence-electron chi connectivity index (χ2n) is 5.35. The zero-order valence-electron chi connectivity index (χ0n) is 12.1. The average molecular weight is 299 g/mol. The number of amides is 1. The molecule has 1 aliphatic heterocycles. The molecule has 3 rings (SSSR count). The smallest absolute Gasteiger partial charge is 0.326 e. The highest BCUT2D eigenvalue weighted by Gasteiger charge is 2.32. The van der Waals surface area contributed by atoms with Gasteiger partial charge in [-0.15, -0.1) is 0 Å². The summed E-state index contributed by atoms with van der Waals surface area (Å²) in [6.45, 7) is 0.488. The second kappa shape index (κ2) is 6.01. The zero-order chi connectivity index (χ0) is 15.5. The normalized spacial score (nSPS) is 18.2. The van der Waals surface area contributed by atoms with Gasteiger partial charge in [0.15, 0.2) is 0 Å². The number of carbonyl (C=O) groups is 2. The van der Waals surface area contributed by atoms with E-state index in [9.17, 15) is 14.7 Å². The van der Waals surface area contributed by atoms with Crippen LogP contribution in [0.25, 0.3) is 5.69 Å². The van der Waals surface area contributed by atoms with Crippen LogP contribution in [0.1, 0.15) is 29.6 Å². The summed E-state index contributed by atoms with van der Waals surface area (Å²) in [7, 11) is 0. The lowest BCUT2D eigenvalue weighted by Crippen LogP contribution is -2.48. The number of aromatic nitrogens is 2. The Morgan fingerprint density at radius 2 is 2.09 bits per heavy atom. The molecule has 6 nitrogen and oxygen atoms in total. The molecule has 1 amide bonds. The number of nitrogens with zero attached hydrogens (tertiary/aromatic N) is 3. The fraction of sp³-hybridized carbons (Fsp3) is 0.312. The molecule has 2 heterocycles. The van der Waals surface area contributed by atoms with Crippen molar-refractivity contribution in [2.24, 2.45) is 0 Å². The highest BCUT2D eigenvalue weighted by atomic mass is 16.4. The van der Waals surface area contributed by atoms with Gasteiger partial charge in [0.1, 0.15) is 6.04 Å². The molecule has 1 aromatic carbocycles. The molecule has 1 unspecified atom stereocenters. The first-order valence-corrected chi connectivity index (χ1v) is 7.30. The Morgan fingerprint density at radius 3 is 2.82 bits per heavy atom. The number of likely N-dealkylation sites (tertiary alicyclic amines) is 1. The highest BCUT2D eigenvalue weighted by molar-refractivity contribution is 5.97. The molecule has 0 aliphatic carbocycles. The van der Waals surface area contributed by atoms with Crippen LogP contribution in [0.5, 0.6) is 0 Å². The fourth-order valence-corrected chi connectivity index (χ4v) is 2.80. The van der Waals surface area contributed by atoms with E-state index in [1.807, 2.05) is 6.07 Å². The van der Waals surface area contributed by atoms with Gasteiger partial charge in [-0.1, -0.05) is 6.07 Å². The molecule has 0 radical (unpaired) electrons. The molecule has 1 N–H and O–H groups in total. The topological polar surface area (TPSA) is 75.4 Å². The van der Waals surface area contributed by atoms with E-state index in [0.717, 1.165) is 18.5 Å². The van der Waals surface area contributed by atoms with Crippen LogP contribution in [0, 0.1) is 0 Å². The van der Waals surface area contributed by atoms with Crippen LogP contribution in [0.2, 0.25) is 0 Å². The zero-order valence-corrected chi connectivity index (χ0v) is 12.1. The van der Waals surface area contributed by atoms with Gasteiger partial charge in [0.2, 0.25) is 0 Å². The van der Waals surface area contributed by atoms with E-state index in [1.165, 1.54) is 4.90 Å². The number of hydrogen-bond donors (Lipinski definition) is 1. The quantitative estimate of drug-likeness (QED) is 0.940. The van der Waals surface area contributed by atoms with E-state index in [-0.39, 0.29) is 5.91 Å². The van der Waals surface area contributed by atoms with Gasteiger partial charge in [0, 0.05) is 24.5 Å². The second-order valence-corrected chi connectivity index (χ2v) is 5.35.